The van der Waals surface area contributed by atoms with Crippen molar-refractivity contribution in [3.8, 4) is 0 Å². The first-order chi connectivity index (χ1) is 19.5. The number of carbonyl (C=O) groups excluding carboxylic acids is 1. The highest BCUT2D eigenvalue weighted by Crippen LogP contribution is 2.44. The standard InChI is InChI=1S/C33H32F2N4O/c1-2-3-11-30-36-28-9-4-5-10-29(28)38(30)21-31(40)39-33(23-14-18-26(35)19-15-23)27-8-6-7-24(32(27)37-39)20-22-12-16-25(34)17-13-22/h4-5,9-10,12-20,27,33H,2-3,6-8,11,21H2,1H3/b24-20+/t27-,33-/m1/s1. The first-order valence-electron chi connectivity index (χ1n) is 14.1. The summed E-state index contributed by atoms with van der Waals surface area (Å²) >= 11 is 0. The predicted molar refractivity (Wildman–Crippen MR) is 153 cm³/mol. The number of allylic oxidation sites excluding steroid dienone is 1. The van der Waals surface area contributed by atoms with Crippen LogP contribution in [0.15, 0.2) is 83.5 Å². The molecule has 5 nitrogen and oxygen atoms in total. The zero-order valence-electron chi connectivity index (χ0n) is 22.6. The van der Waals surface area contributed by atoms with Crippen molar-refractivity contribution < 1.29 is 13.6 Å². The number of aryl methyl sites for hydroxylation is 1. The van der Waals surface area contributed by atoms with Gasteiger partial charge in [-0.05, 0) is 84.9 Å². The Hall–Kier alpha value is -4.13. The lowest BCUT2D eigenvalue weighted by atomic mass is 9.77. The second-order valence-corrected chi connectivity index (χ2v) is 10.6. The molecule has 1 aliphatic heterocycles. The predicted octanol–water partition coefficient (Wildman–Crippen LogP) is 7.48. The van der Waals surface area contributed by atoms with Gasteiger partial charge in [-0.2, -0.15) is 5.10 Å². The van der Waals surface area contributed by atoms with E-state index in [0.717, 1.165) is 77.8 Å². The lowest BCUT2D eigenvalue weighted by Crippen LogP contribution is -2.34. The van der Waals surface area contributed by atoms with E-state index in [9.17, 15) is 13.6 Å². The number of hydrogen-bond acceptors (Lipinski definition) is 3. The van der Waals surface area contributed by atoms with Gasteiger partial charge in [-0.25, -0.2) is 18.8 Å². The monoisotopic (exact) mass is 538 g/mol. The van der Waals surface area contributed by atoms with Gasteiger partial charge in [0.05, 0.1) is 22.8 Å². The molecular weight excluding hydrogens is 506 g/mol. The summed E-state index contributed by atoms with van der Waals surface area (Å²) in [5.41, 5.74) is 5.52. The first-order valence-corrected chi connectivity index (χ1v) is 14.1. The number of fused-ring (bicyclic) bond motifs is 2. The second kappa shape index (κ2) is 11.2. The third kappa shape index (κ3) is 5.08. The van der Waals surface area contributed by atoms with Crippen molar-refractivity contribution in [2.75, 3.05) is 0 Å². The molecule has 2 aliphatic rings. The maximum atomic E-state index is 14.1. The van der Waals surface area contributed by atoms with Gasteiger partial charge in [-0.3, -0.25) is 4.79 Å². The van der Waals surface area contributed by atoms with Crippen LogP contribution in [0.5, 0.6) is 0 Å². The molecular formula is C33H32F2N4O. The molecule has 0 saturated heterocycles. The van der Waals surface area contributed by atoms with Crippen LogP contribution in [0.3, 0.4) is 0 Å². The number of hydrogen-bond donors (Lipinski definition) is 0. The Labute approximate surface area is 232 Å². The maximum Gasteiger partial charge on any atom is 0.263 e. The lowest BCUT2D eigenvalue weighted by molar-refractivity contribution is -0.134. The number of imidazole rings is 1. The van der Waals surface area contributed by atoms with Crippen molar-refractivity contribution >= 4 is 28.7 Å². The molecule has 2 atom stereocenters. The van der Waals surface area contributed by atoms with E-state index in [1.165, 1.54) is 24.3 Å². The topological polar surface area (TPSA) is 50.5 Å². The van der Waals surface area contributed by atoms with Gasteiger partial charge in [-0.1, -0.05) is 49.7 Å². The number of aromatic nitrogens is 2. The first kappa shape index (κ1) is 26.1. The summed E-state index contributed by atoms with van der Waals surface area (Å²) in [5, 5.41) is 6.59. The molecule has 1 amide bonds. The molecule has 0 spiro atoms. The Bertz CT molecular complexity index is 1590. The van der Waals surface area contributed by atoms with Gasteiger partial charge in [0, 0.05) is 12.3 Å². The number of para-hydroxylation sites is 2. The normalized spacial score (nSPS) is 19.7. The summed E-state index contributed by atoms with van der Waals surface area (Å²) in [7, 11) is 0. The average Bonchev–Trinajstić information content (AvgIpc) is 3.53. The minimum Gasteiger partial charge on any atom is -0.318 e. The molecule has 1 saturated carbocycles. The molecule has 6 rings (SSSR count). The van der Waals surface area contributed by atoms with Crippen molar-refractivity contribution in [3.05, 3.63) is 107 Å². The Balaban J connectivity index is 1.39. The van der Waals surface area contributed by atoms with Crippen LogP contribution >= 0.6 is 0 Å². The number of halogens is 2. The van der Waals surface area contributed by atoms with Gasteiger partial charge < -0.3 is 4.57 Å². The van der Waals surface area contributed by atoms with E-state index in [2.05, 4.69) is 6.92 Å². The van der Waals surface area contributed by atoms with Crippen molar-refractivity contribution in [1.82, 2.24) is 14.6 Å². The molecule has 0 N–H and O–H groups in total. The molecule has 1 fully saturated rings. The van der Waals surface area contributed by atoms with Gasteiger partial charge in [0.15, 0.2) is 0 Å². The van der Waals surface area contributed by atoms with Gasteiger partial charge >= 0.3 is 0 Å². The molecule has 2 heterocycles. The molecule has 0 unspecified atom stereocenters. The quantitative estimate of drug-likeness (QED) is 0.245. The smallest absolute Gasteiger partial charge is 0.263 e. The van der Waals surface area contributed by atoms with Crippen LogP contribution in [0, 0.1) is 17.6 Å². The number of rotatable bonds is 7. The van der Waals surface area contributed by atoms with Gasteiger partial charge in [0.25, 0.3) is 5.91 Å². The van der Waals surface area contributed by atoms with E-state index in [1.54, 1.807) is 29.3 Å². The minimum absolute atomic E-state index is 0.00560. The minimum atomic E-state index is -0.325. The van der Waals surface area contributed by atoms with Crippen LogP contribution in [-0.4, -0.2) is 26.2 Å². The third-order valence-electron chi connectivity index (χ3n) is 7.96. The van der Waals surface area contributed by atoms with Gasteiger partial charge in [-0.15, -0.1) is 0 Å². The Morgan fingerprint density at radius 3 is 2.48 bits per heavy atom. The number of amides is 1. The third-order valence-corrected chi connectivity index (χ3v) is 7.96. The highest BCUT2D eigenvalue weighted by molar-refractivity contribution is 6.08. The lowest BCUT2D eigenvalue weighted by Gasteiger charge is -2.30. The molecule has 3 aromatic carbocycles. The fourth-order valence-corrected chi connectivity index (χ4v) is 6.00. The SMILES string of the molecule is CCCCc1nc2ccccc2n1CC(=O)N1N=C2/C(=C/c3ccc(F)cc3)CCC[C@H]2[C@H]1c1ccc(F)cc1. The summed E-state index contributed by atoms with van der Waals surface area (Å²) in [6.07, 6.45) is 7.52. The molecule has 7 heteroatoms. The van der Waals surface area contributed by atoms with Crippen LogP contribution in [0.25, 0.3) is 17.1 Å². The van der Waals surface area contributed by atoms with Crippen LogP contribution in [0.4, 0.5) is 8.78 Å². The number of benzene rings is 3. The Morgan fingerprint density at radius 1 is 1.00 bits per heavy atom. The number of unbranched alkanes of at least 4 members (excludes halogenated alkanes) is 1. The highest BCUT2D eigenvalue weighted by Gasteiger charge is 2.43. The number of hydrazone groups is 1. The van der Waals surface area contributed by atoms with Crippen LogP contribution < -0.4 is 0 Å². The van der Waals surface area contributed by atoms with E-state index < -0.39 is 0 Å². The fraction of sp³-hybridized carbons (Fsp3) is 0.303. The highest BCUT2D eigenvalue weighted by atomic mass is 19.1. The molecule has 0 radical (unpaired) electrons. The molecule has 4 aromatic rings. The summed E-state index contributed by atoms with van der Waals surface area (Å²) in [5.74, 6) is 0.176. The average molecular weight is 539 g/mol. The van der Waals surface area contributed by atoms with E-state index in [1.807, 2.05) is 34.9 Å². The van der Waals surface area contributed by atoms with Crippen LogP contribution in [-0.2, 0) is 17.8 Å². The van der Waals surface area contributed by atoms with Crippen molar-refractivity contribution in [2.24, 2.45) is 11.0 Å². The van der Waals surface area contributed by atoms with Gasteiger partial charge in [0.2, 0.25) is 0 Å². The van der Waals surface area contributed by atoms with E-state index in [-0.39, 0.29) is 36.0 Å². The maximum absolute atomic E-state index is 14.1. The Morgan fingerprint density at radius 2 is 1.73 bits per heavy atom. The van der Waals surface area contributed by atoms with Crippen LogP contribution in [0.2, 0.25) is 0 Å². The fourth-order valence-electron chi connectivity index (χ4n) is 6.00. The van der Waals surface area contributed by atoms with Gasteiger partial charge in [0.1, 0.15) is 24.0 Å². The van der Waals surface area contributed by atoms with Crippen LogP contribution in [0.1, 0.15) is 62.0 Å². The molecule has 204 valence electrons. The molecule has 0 bridgehead atoms. The summed E-state index contributed by atoms with van der Waals surface area (Å²) in [6, 6.07) is 20.4. The van der Waals surface area contributed by atoms with Crippen molar-refractivity contribution in [3.63, 3.8) is 0 Å². The zero-order valence-corrected chi connectivity index (χ0v) is 22.6. The largest absolute Gasteiger partial charge is 0.318 e. The number of carbonyl (C=O) groups is 1. The van der Waals surface area contributed by atoms with Crippen molar-refractivity contribution in [2.45, 2.75) is 58.0 Å². The zero-order chi connectivity index (χ0) is 27.6. The number of nitrogens with zero attached hydrogens (tertiary/aromatic N) is 4. The molecule has 1 aromatic heterocycles. The van der Waals surface area contributed by atoms with E-state index in [4.69, 9.17) is 10.1 Å². The summed E-state index contributed by atoms with van der Waals surface area (Å²) < 4.78 is 29.4. The summed E-state index contributed by atoms with van der Waals surface area (Å²) in [6.45, 7) is 2.27. The Kier molecular flexibility index (Phi) is 7.29. The summed E-state index contributed by atoms with van der Waals surface area (Å²) in [4.78, 5) is 18.9. The molecule has 40 heavy (non-hydrogen) atoms. The second-order valence-electron chi connectivity index (χ2n) is 10.6. The van der Waals surface area contributed by atoms with Crippen molar-refractivity contribution in [1.29, 1.82) is 0 Å². The van der Waals surface area contributed by atoms with E-state index >= 15 is 0 Å². The molecule has 1 aliphatic carbocycles. The van der Waals surface area contributed by atoms with E-state index in [0.29, 0.717) is 0 Å².